The Balaban J connectivity index is 1.58. The van der Waals surface area contributed by atoms with Crippen molar-refractivity contribution in [2.75, 3.05) is 11.1 Å². The van der Waals surface area contributed by atoms with Crippen LogP contribution >= 0.6 is 11.3 Å². The van der Waals surface area contributed by atoms with Crippen molar-refractivity contribution in [1.29, 1.82) is 0 Å². The smallest absolute Gasteiger partial charge is 0.221 e. The standard InChI is InChI=1S/C19H14N6S/c20-19-21-8-7-17(23-19)22-12-5-6-14-13(10-12)18(25-24-14)16-9-11-3-1-2-4-15(11)26-16/h1-10H,(H,24,25)(H3,20,21,22,23). The van der Waals surface area contributed by atoms with Crippen molar-refractivity contribution in [1.82, 2.24) is 20.2 Å². The highest BCUT2D eigenvalue weighted by Crippen LogP contribution is 2.36. The van der Waals surface area contributed by atoms with E-state index in [2.05, 4.69) is 61.9 Å². The van der Waals surface area contributed by atoms with Gasteiger partial charge in [0, 0.05) is 22.0 Å². The molecular weight excluding hydrogens is 344 g/mol. The lowest BCUT2D eigenvalue weighted by Crippen LogP contribution is -1.98. The van der Waals surface area contributed by atoms with Gasteiger partial charge in [0.15, 0.2) is 0 Å². The lowest BCUT2D eigenvalue weighted by atomic mass is 10.1. The zero-order valence-corrected chi connectivity index (χ0v) is 14.4. The average molecular weight is 358 g/mol. The summed E-state index contributed by atoms with van der Waals surface area (Å²) in [6, 6.07) is 18.4. The maximum Gasteiger partial charge on any atom is 0.221 e. The molecule has 0 amide bonds. The number of anilines is 3. The summed E-state index contributed by atoms with van der Waals surface area (Å²) in [5.41, 5.74) is 8.51. The van der Waals surface area contributed by atoms with Gasteiger partial charge in [0.1, 0.15) is 11.5 Å². The van der Waals surface area contributed by atoms with Crippen LogP contribution < -0.4 is 11.1 Å². The number of rotatable bonds is 3. The van der Waals surface area contributed by atoms with Crippen molar-refractivity contribution in [2.45, 2.75) is 0 Å². The first-order valence-electron chi connectivity index (χ1n) is 8.09. The Morgan fingerprint density at radius 1 is 1.04 bits per heavy atom. The van der Waals surface area contributed by atoms with E-state index >= 15 is 0 Å². The molecule has 0 fully saturated rings. The van der Waals surface area contributed by atoms with Gasteiger partial charge in [0.2, 0.25) is 5.95 Å². The predicted molar refractivity (Wildman–Crippen MR) is 107 cm³/mol. The number of thiophene rings is 1. The Morgan fingerprint density at radius 2 is 1.96 bits per heavy atom. The molecule has 0 unspecified atom stereocenters. The monoisotopic (exact) mass is 358 g/mol. The number of fused-ring (bicyclic) bond motifs is 2. The average Bonchev–Trinajstić information content (AvgIpc) is 3.25. The first kappa shape index (κ1) is 14.9. The molecule has 3 heterocycles. The number of benzene rings is 2. The van der Waals surface area contributed by atoms with Gasteiger partial charge in [-0.3, -0.25) is 5.10 Å². The lowest BCUT2D eigenvalue weighted by molar-refractivity contribution is 1.13. The normalized spacial score (nSPS) is 11.2. The molecule has 126 valence electrons. The molecule has 0 spiro atoms. The van der Waals surface area contributed by atoms with Crippen LogP contribution in [0, 0.1) is 0 Å². The SMILES string of the molecule is Nc1nccc(Nc2ccc3[nH]nc(-c4cc5ccccc5s4)c3c2)n1. The van der Waals surface area contributed by atoms with Gasteiger partial charge in [-0.05, 0) is 41.8 Å². The molecule has 0 atom stereocenters. The van der Waals surface area contributed by atoms with Crippen LogP contribution in [0.2, 0.25) is 0 Å². The molecular formula is C19H14N6S. The highest BCUT2D eigenvalue weighted by molar-refractivity contribution is 7.22. The molecule has 0 aliphatic heterocycles. The number of nitrogen functional groups attached to an aromatic ring is 1. The molecule has 4 N–H and O–H groups in total. The Labute approximate surface area is 152 Å². The summed E-state index contributed by atoms with van der Waals surface area (Å²) in [4.78, 5) is 9.23. The predicted octanol–water partition coefficient (Wildman–Crippen LogP) is 4.56. The van der Waals surface area contributed by atoms with Gasteiger partial charge in [-0.1, -0.05) is 18.2 Å². The number of H-pyrrole nitrogens is 1. The zero-order valence-electron chi connectivity index (χ0n) is 13.6. The van der Waals surface area contributed by atoms with E-state index in [0.717, 1.165) is 27.2 Å². The number of aromatic amines is 1. The Hall–Kier alpha value is -3.45. The minimum absolute atomic E-state index is 0.241. The summed E-state index contributed by atoms with van der Waals surface area (Å²) in [5, 5.41) is 13.2. The molecule has 0 aliphatic rings. The molecule has 0 saturated carbocycles. The Morgan fingerprint density at radius 3 is 2.85 bits per heavy atom. The van der Waals surface area contributed by atoms with Crippen LogP contribution in [-0.4, -0.2) is 20.2 Å². The van der Waals surface area contributed by atoms with Crippen LogP contribution in [0.5, 0.6) is 0 Å². The van der Waals surface area contributed by atoms with E-state index in [-0.39, 0.29) is 5.95 Å². The summed E-state index contributed by atoms with van der Waals surface area (Å²) >= 11 is 1.74. The van der Waals surface area contributed by atoms with Gasteiger partial charge < -0.3 is 11.1 Å². The molecule has 0 aliphatic carbocycles. The van der Waals surface area contributed by atoms with Gasteiger partial charge in [-0.25, -0.2) is 4.98 Å². The second kappa shape index (κ2) is 5.82. The Kier molecular flexibility index (Phi) is 3.32. The van der Waals surface area contributed by atoms with E-state index in [1.807, 2.05) is 12.1 Å². The molecule has 5 rings (SSSR count). The summed E-state index contributed by atoms with van der Waals surface area (Å²) in [6.45, 7) is 0. The van der Waals surface area contributed by atoms with Crippen LogP contribution in [0.3, 0.4) is 0 Å². The quantitative estimate of drug-likeness (QED) is 0.440. The molecule has 26 heavy (non-hydrogen) atoms. The molecule has 3 aromatic heterocycles. The van der Waals surface area contributed by atoms with Crippen LogP contribution in [0.25, 0.3) is 31.6 Å². The lowest BCUT2D eigenvalue weighted by Gasteiger charge is -2.06. The van der Waals surface area contributed by atoms with Crippen LogP contribution in [0.1, 0.15) is 0 Å². The number of hydrogen-bond donors (Lipinski definition) is 3. The second-order valence-electron chi connectivity index (χ2n) is 5.91. The van der Waals surface area contributed by atoms with Crippen molar-refractivity contribution in [3.63, 3.8) is 0 Å². The van der Waals surface area contributed by atoms with Gasteiger partial charge in [-0.2, -0.15) is 10.1 Å². The molecule has 0 radical (unpaired) electrons. The van der Waals surface area contributed by atoms with Gasteiger partial charge in [0.05, 0.1) is 10.4 Å². The number of nitrogens with zero attached hydrogens (tertiary/aromatic N) is 3. The van der Waals surface area contributed by atoms with Crippen molar-refractivity contribution in [3.8, 4) is 10.6 Å². The van der Waals surface area contributed by atoms with Crippen molar-refractivity contribution in [3.05, 3.63) is 60.8 Å². The second-order valence-corrected chi connectivity index (χ2v) is 6.99. The largest absolute Gasteiger partial charge is 0.368 e. The molecule has 2 aromatic carbocycles. The molecule has 7 heteroatoms. The van der Waals surface area contributed by atoms with Crippen LogP contribution in [-0.2, 0) is 0 Å². The van der Waals surface area contributed by atoms with Gasteiger partial charge in [-0.15, -0.1) is 11.3 Å². The molecule has 6 nitrogen and oxygen atoms in total. The molecule has 5 aromatic rings. The van der Waals surface area contributed by atoms with E-state index in [4.69, 9.17) is 5.73 Å². The van der Waals surface area contributed by atoms with Crippen molar-refractivity contribution < 1.29 is 0 Å². The third-order valence-corrected chi connectivity index (χ3v) is 5.29. The third kappa shape index (κ3) is 2.55. The van der Waals surface area contributed by atoms with Crippen LogP contribution in [0.15, 0.2) is 60.8 Å². The number of hydrogen-bond acceptors (Lipinski definition) is 6. The third-order valence-electron chi connectivity index (χ3n) is 4.17. The van der Waals surface area contributed by atoms with Gasteiger partial charge >= 0.3 is 0 Å². The molecule has 0 bridgehead atoms. The minimum Gasteiger partial charge on any atom is -0.368 e. The number of aromatic nitrogens is 4. The number of nitrogens with one attached hydrogen (secondary N) is 2. The van der Waals surface area contributed by atoms with Crippen LogP contribution in [0.4, 0.5) is 17.5 Å². The summed E-state index contributed by atoms with van der Waals surface area (Å²) in [7, 11) is 0. The first-order chi connectivity index (χ1) is 12.8. The fourth-order valence-corrected chi connectivity index (χ4v) is 4.04. The zero-order chi connectivity index (χ0) is 17.5. The fourth-order valence-electron chi connectivity index (χ4n) is 2.97. The summed E-state index contributed by atoms with van der Waals surface area (Å²) < 4.78 is 1.25. The van der Waals surface area contributed by atoms with Crippen molar-refractivity contribution >= 4 is 49.8 Å². The van der Waals surface area contributed by atoms with E-state index < -0.39 is 0 Å². The highest BCUT2D eigenvalue weighted by Gasteiger charge is 2.12. The fraction of sp³-hybridized carbons (Fsp3) is 0. The van der Waals surface area contributed by atoms with E-state index in [1.54, 1.807) is 23.6 Å². The first-order valence-corrected chi connectivity index (χ1v) is 8.90. The highest BCUT2D eigenvalue weighted by atomic mass is 32.1. The summed E-state index contributed by atoms with van der Waals surface area (Å²) in [6.07, 6.45) is 1.63. The Bertz CT molecular complexity index is 1210. The minimum atomic E-state index is 0.241. The van der Waals surface area contributed by atoms with Crippen molar-refractivity contribution in [2.24, 2.45) is 0 Å². The maximum absolute atomic E-state index is 5.65. The van der Waals surface area contributed by atoms with E-state index in [0.29, 0.717) is 5.82 Å². The summed E-state index contributed by atoms with van der Waals surface area (Å²) in [5.74, 6) is 0.897. The van der Waals surface area contributed by atoms with Gasteiger partial charge in [0.25, 0.3) is 0 Å². The number of nitrogens with two attached hydrogens (primary N) is 1. The maximum atomic E-state index is 5.65. The topological polar surface area (TPSA) is 92.5 Å². The van der Waals surface area contributed by atoms with E-state index in [9.17, 15) is 0 Å². The molecule has 0 saturated heterocycles. The van der Waals surface area contributed by atoms with E-state index in [1.165, 1.54) is 10.1 Å².